The predicted molar refractivity (Wildman–Crippen MR) is 130 cm³/mol. The Balaban J connectivity index is 1.24. The van der Waals surface area contributed by atoms with Crippen LogP contribution in [0, 0.1) is 11.8 Å². The standard InChI is InChI=1S/C27H32N2O6/c1-17(14-24(30)31)10-12-28-26(32)25-18(11-13-34-25)15-29-27(33)35-16-23-21-8-4-2-6-19(21)20-7-3-5-9-22(20)23/h2-9,17-18,23,25H,10-16H2,1H3,(H,28,32)(H,29,33)(H,30,31). The number of hydrogen-bond acceptors (Lipinski definition) is 5. The van der Waals surface area contributed by atoms with Crippen molar-refractivity contribution in [1.82, 2.24) is 10.6 Å². The highest BCUT2D eigenvalue weighted by molar-refractivity contribution is 5.81. The van der Waals surface area contributed by atoms with Gasteiger partial charge in [0.25, 0.3) is 0 Å². The number of carbonyl (C=O) groups is 3. The van der Waals surface area contributed by atoms with Gasteiger partial charge in [-0.2, -0.15) is 0 Å². The van der Waals surface area contributed by atoms with Gasteiger partial charge in [-0.3, -0.25) is 9.59 Å². The molecule has 0 saturated carbocycles. The first-order chi connectivity index (χ1) is 16.9. The number of ether oxygens (including phenoxy) is 2. The van der Waals surface area contributed by atoms with Crippen LogP contribution in [-0.2, 0) is 19.1 Å². The maximum atomic E-state index is 12.5. The van der Waals surface area contributed by atoms with Crippen molar-refractivity contribution in [3.05, 3.63) is 59.7 Å². The summed E-state index contributed by atoms with van der Waals surface area (Å²) in [5.41, 5.74) is 4.65. The van der Waals surface area contributed by atoms with Crippen molar-refractivity contribution < 1.29 is 29.0 Å². The van der Waals surface area contributed by atoms with Gasteiger partial charge in [-0.1, -0.05) is 55.5 Å². The van der Waals surface area contributed by atoms with Crippen LogP contribution < -0.4 is 10.6 Å². The zero-order valence-corrected chi connectivity index (χ0v) is 19.9. The van der Waals surface area contributed by atoms with Crippen LogP contribution in [0.2, 0.25) is 0 Å². The molecule has 2 aliphatic rings. The van der Waals surface area contributed by atoms with E-state index in [1.807, 2.05) is 31.2 Å². The summed E-state index contributed by atoms with van der Waals surface area (Å²) in [6.07, 6.45) is 0.159. The number of carbonyl (C=O) groups excluding carboxylic acids is 2. The van der Waals surface area contributed by atoms with Gasteiger partial charge in [0.1, 0.15) is 12.7 Å². The summed E-state index contributed by atoms with van der Waals surface area (Å²) in [5.74, 6) is -1.26. The van der Waals surface area contributed by atoms with Crippen molar-refractivity contribution in [3.8, 4) is 11.1 Å². The van der Waals surface area contributed by atoms with E-state index >= 15 is 0 Å². The van der Waals surface area contributed by atoms with Gasteiger partial charge >= 0.3 is 12.1 Å². The normalized spacial score (nSPS) is 19.5. The fourth-order valence-corrected chi connectivity index (χ4v) is 4.94. The van der Waals surface area contributed by atoms with Gasteiger partial charge < -0.3 is 25.2 Å². The number of rotatable bonds is 10. The zero-order valence-electron chi connectivity index (χ0n) is 19.9. The van der Waals surface area contributed by atoms with E-state index in [-0.39, 0.29) is 43.2 Å². The number of alkyl carbamates (subject to hydrolysis) is 1. The minimum absolute atomic E-state index is 0.00925. The van der Waals surface area contributed by atoms with Gasteiger partial charge in [0.15, 0.2) is 0 Å². The van der Waals surface area contributed by atoms with Gasteiger partial charge in [0.05, 0.1) is 0 Å². The Morgan fingerprint density at radius 3 is 2.37 bits per heavy atom. The van der Waals surface area contributed by atoms with E-state index < -0.39 is 18.2 Å². The van der Waals surface area contributed by atoms with Crippen molar-refractivity contribution in [2.45, 2.75) is 38.2 Å². The van der Waals surface area contributed by atoms with Crippen LogP contribution in [-0.4, -0.2) is 55.5 Å². The summed E-state index contributed by atoms with van der Waals surface area (Å²) in [6.45, 7) is 3.20. The topological polar surface area (TPSA) is 114 Å². The largest absolute Gasteiger partial charge is 0.481 e. The molecule has 2 amide bonds. The third kappa shape index (κ3) is 6.00. The van der Waals surface area contributed by atoms with Crippen LogP contribution in [0.4, 0.5) is 4.79 Å². The molecule has 35 heavy (non-hydrogen) atoms. The Labute approximate surface area is 205 Å². The summed E-state index contributed by atoms with van der Waals surface area (Å²) in [5, 5.41) is 14.5. The van der Waals surface area contributed by atoms with Crippen molar-refractivity contribution >= 4 is 18.0 Å². The molecular formula is C27H32N2O6. The van der Waals surface area contributed by atoms with E-state index in [1.54, 1.807) is 0 Å². The van der Waals surface area contributed by atoms with E-state index in [2.05, 4.69) is 34.9 Å². The van der Waals surface area contributed by atoms with Crippen LogP contribution in [0.5, 0.6) is 0 Å². The van der Waals surface area contributed by atoms with Crippen LogP contribution in [0.1, 0.15) is 43.2 Å². The SMILES string of the molecule is CC(CCNC(=O)C1OCCC1CNC(=O)OCC1c2ccccc2-c2ccccc21)CC(=O)O. The average Bonchev–Trinajstić information content (AvgIpc) is 3.44. The molecule has 1 fully saturated rings. The third-order valence-corrected chi connectivity index (χ3v) is 6.78. The van der Waals surface area contributed by atoms with E-state index in [9.17, 15) is 14.4 Å². The molecule has 0 spiro atoms. The maximum Gasteiger partial charge on any atom is 0.407 e. The highest BCUT2D eigenvalue weighted by Crippen LogP contribution is 2.44. The minimum atomic E-state index is -0.845. The molecule has 8 heteroatoms. The summed E-state index contributed by atoms with van der Waals surface area (Å²) >= 11 is 0. The Bertz CT molecular complexity index is 1030. The first kappa shape index (κ1) is 24.7. The number of nitrogens with one attached hydrogen (secondary N) is 2. The fourth-order valence-electron chi connectivity index (χ4n) is 4.94. The monoisotopic (exact) mass is 480 g/mol. The highest BCUT2D eigenvalue weighted by Gasteiger charge is 2.34. The van der Waals surface area contributed by atoms with E-state index in [0.717, 1.165) is 11.1 Å². The minimum Gasteiger partial charge on any atom is -0.481 e. The molecule has 1 aliphatic carbocycles. The van der Waals surface area contributed by atoms with E-state index in [1.165, 1.54) is 11.1 Å². The van der Waals surface area contributed by atoms with Crippen molar-refractivity contribution in [2.75, 3.05) is 26.3 Å². The van der Waals surface area contributed by atoms with Crippen LogP contribution in [0.25, 0.3) is 11.1 Å². The number of amides is 2. The second-order valence-corrected chi connectivity index (χ2v) is 9.33. The second kappa shape index (κ2) is 11.4. The molecule has 0 radical (unpaired) electrons. The molecule has 3 N–H and O–H groups in total. The van der Waals surface area contributed by atoms with Crippen molar-refractivity contribution in [1.29, 1.82) is 0 Å². The van der Waals surface area contributed by atoms with E-state index in [4.69, 9.17) is 14.6 Å². The zero-order chi connectivity index (χ0) is 24.8. The van der Waals surface area contributed by atoms with Gasteiger partial charge in [-0.25, -0.2) is 4.79 Å². The van der Waals surface area contributed by atoms with Crippen LogP contribution in [0.15, 0.2) is 48.5 Å². The Hall–Kier alpha value is -3.39. The van der Waals surface area contributed by atoms with Gasteiger partial charge in [0, 0.05) is 38.0 Å². The molecule has 2 aromatic carbocycles. The number of carboxylic acid groups (broad SMARTS) is 1. The summed E-state index contributed by atoms with van der Waals surface area (Å²) < 4.78 is 11.2. The fraction of sp³-hybridized carbons (Fsp3) is 0.444. The number of hydrogen-bond donors (Lipinski definition) is 3. The molecule has 0 bridgehead atoms. The van der Waals surface area contributed by atoms with Crippen molar-refractivity contribution in [2.24, 2.45) is 11.8 Å². The lowest BCUT2D eigenvalue weighted by Gasteiger charge is -2.19. The summed E-state index contributed by atoms with van der Waals surface area (Å²) in [4.78, 5) is 35.8. The number of benzene rings is 2. The van der Waals surface area contributed by atoms with Crippen LogP contribution in [0.3, 0.4) is 0 Å². The lowest BCUT2D eigenvalue weighted by molar-refractivity contribution is -0.138. The molecule has 4 rings (SSSR count). The lowest BCUT2D eigenvalue weighted by atomic mass is 9.98. The Kier molecular flexibility index (Phi) is 8.02. The summed E-state index contributed by atoms with van der Waals surface area (Å²) in [6, 6.07) is 16.3. The van der Waals surface area contributed by atoms with E-state index in [0.29, 0.717) is 26.0 Å². The molecule has 1 heterocycles. The molecule has 3 atom stereocenters. The molecule has 1 saturated heterocycles. The Morgan fingerprint density at radius 1 is 1.06 bits per heavy atom. The second-order valence-electron chi connectivity index (χ2n) is 9.33. The molecule has 0 aromatic heterocycles. The van der Waals surface area contributed by atoms with Crippen molar-refractivity contribution in [3.63, 3.8) is 0 Å². The first-order valence-electron chi connectivity index (χ1n) is 12.1. The molecular weight excluding hydrogens is 448 g/mol. The quantitative estimate of drug-likeness (QED) is 0.479. The molecule has 2 aromatic rings. The number of aliphatic carboxylic acids is 1. The molecule has 8 nitrogen and oxygen atoms in total. The van der Waals surface area contributed by atoms with Gasteiger partial charge in [-0.15, -0.1) is 0 Å². The smallest absolute Gasteiger partial charge is 0.407 e. The third-order valence-electron chi connectivity index (χ3n) is 6.78. The molecule has 186 valence electrons. The summed E-state index contributed by atoms with van der Waals surface area (Å²) in [7, 11) is 0. The van der Waals surface area contributed by atoms with Gasteiger partial charge in [0.2, 0.25) is 5.91 Å². The Morgan fingerprint density at radius 2 is 1.71 bits per heavy atom. The maximum absolute atomic E-state index is 12.5. The number of fused-ring (bicyclic) bond motifs is 3. The van der Waals surface area contributed by atoms with Gasteiger partial charge in [-0.05, 0) is 41.0 Å². The first-order valence-corrected chi connectivity index (χ1v) is 12.1. The predicted octanol–water partition coefficient (Wildman–Crippen LogP) is 3.55. The molecule has 3 unspecified atom stereocenters. The highest BCUT2D eigenvalue weighted by atomic mass is 16.5. The van der Waals surface area contributed by atoms with Crippen LogP contribution >= 0.6 is 0 Å². The number of carboxylic acids is 1. The molecule has 1 aliphatic heterocycles. The average molecular weight is 481 g/mol. The lowest BCUT2D eigenvalue weighted by Crippen LogP contribution is -2.42.